The van der Waals surface area contributed by atoms with E-state index in [0.717, 1.165) is 32.7 Å². The quantitative estimate of drug-likeness (QED) is 0.650. The van der Waals surface area contributed by atoms with Crippen LogP contribution in [-0.4, -0.2) is 16.3 Å². The largest absolute Gasteiger partial charge is 0.341 e. The summed E-state index contributed by atoms with van der Waals surface area (Å²) < 4.78 is 1.04. The van der Waals surface area contributed by atoms with Crippen LogP contribution in [0, 0.1) is 0 Å². The lowest BCUT2D eigenvalue weighted by Crippen LogP contribution is -1.77. The molecule has 0 bridgehead atoms. The first-order chi connectivity index (χ1) is 7.28. The molecule has 0 unspecified atom stereocenters. The predicted octanol–water partition coefficient (Wildman–Crippen LogP) is 3.22. The van der Waals surface area contributed by atoms with Gasteiger partial charge in [-0.2, -0.15) is 0 Å². The van der Waals surface area contributed by atoms with E-state index in [0.29, 0.717) is 5.69 Å². The van der Waals surface area contributed by atoms with Crippen molar-refractivity contribution < 1.29 is 4.79 Å². The highest BCUT2D eigenvalue weighted by Crippen LogP contribution is 2.27. The Kier molecular flexibility index (Phi) is 1.73. The van der Waals surface area contributed by atoms with Gasteiger partial charge in [0.2, 0.25) is 0 Å². The minimum Gasteiger partial charge on any atom is -0.341 e. The highest BCUT2D eigenvalue weighted by Gasteiger charge is 2.07. The van der Waals surface area contributed by atoms with Crippen molar-refractivity contribution in [2.24, 2.45) is 0 Å². The van der Waals surface area contributed by atoms with Gasteiger partial charge in [0.1, 0.15) is 5.65 Å². The number of halogens is 1. The number of aromatic nitrogens is 2. The Morgan fingerprint density at radius 2 is 2.00 bits per heavy atom. The fourth-order valence-corrected chi connectivity index (χ4v) is 2.20. The lowest BCUT2D eigenvalue weighted by atomic mass is 10.2. The molecule has 1 aromatic carbocycles. The van der Waals surface area contributed by atoms with Gasteiger partial charge in [-0.25, -0.2) is 0 Å². The van der Waals surface area contributed by atoms with Crippen LogP contribution in [0.4, 0.5) is 0 Å². The first kappa shape index (κ1) is 8.73. The summed E-state index contributed by atoms with van der Waals surface area (Å²) in [6.07, 6.45) is 0.818. The van der Waals surface area contributed by atoms with Crippen LogP contribution in [-0.2, 0) is 0 Å². The third-order valence-electron chi connectivity index (χ3n) is 2.50. The third-order valence-corrected chi connectivity index (χ3v) is 2.99. The Hall–Kier alpha value is -1.55. The Bertz CT molecular complexity index is 666. The molecule has 0 aliphatic heterocycles. The van der Waals surface area contributed by atoms with E-state index in [1.165, 1.54) is 0 Å². The topological polar surface area (TPSA) is 48.6 Å². The molecular formula is C11H7BrN2O. The van der Waals surface area contributed by atoms with Gasteiger partial charge in [-0.3, -0.25) is 4.79 Å². The molecule has 0 radical (unpaired) electrons. The van der Waals surface area contributed by atoms with E-state index in [4.69, 9.17) is 0 Å². The molecule has 0 fully saturated rings. The molecule has 0 aliphatic rings. The van der Waals surface area contributed by atoms with E-state index in [9.17, 15) is 4.79 Å². The monoisotopic (exact) mass is 262 g/mol. The second kappa shape index (κ2) is 2.97. The van der Waals surface area contributed by atoms with Gasteiger partial charge in [-0.15, -0.1) is 0 Å². The molecule has 0 saturated carbocycles. The standard InChI is InChI=1S/C11H7BrN2O/c12-6-1-2-8-9-4-7(5-15)13-11(9)14-10(8)3-6/h1-5,13-14H. The highest BCUT2D eigenvalue weighted by molar-refractivity contribution is 9.10. The first-order valence-electron chi connectivity index (χ1n) is 4.53. The van der Waals surface area contributed by atoms with E-state index >= 15 is 0 Å². The lowest BCUT2D eigenvalue weighted by Gasteiger charge is -1.90. The molecule has 2 N–H and O–H groups in total. The van der Waals surface area contributed by atoms with Crippen molar-refractivity contribution in [2.75, 3.05) is 0 Å². The number of hydrogen-bond donors (Lipinski definition) is 2. The van der Waals surface area contributed by atoms with Gasteiger partial charge in [0.25, 0.3) is 0 Å². The van der Waals surface area contributed by atoms with Crippen LogP contribution in [0.2, 0.25) is 0 Å². The summed E-state index contributed by atoms with van der Waals surface area (Å²) in [5.41, 5.74) is 2.55. The predicted molar refractivity (Wildman–Crippen MR) is 63.2 cm³/mol. The van der Waals surface area contributed by atoms with Crippen LogP contribution in [0.1, 0.15) is 10.5 Å². The number of H-pyrrole nitrogens is 2. The van der Waals surface area contributed by atoms with Crippen molar-refractivity contribution in [3.8, 4) is 0 Å². The number of carbonyl (C=O) groups is 1. The zero-order valence-corrected chi connectivity index (χ0v) is 9.26. The van der Waals surface area contributed by atoms with Gasteiger partial charge in [-0.05, 0) is 18.2 Å². The Labute approximate surface area is 93.6 Å². The smallest absolute Gasteiger partial charge is 0.166 e. The van der Waals surface area contributed by atoms with E-state index in [2.05, 4.69) is 25.9 Å². The summed E-state index contributed by atoms with van der Waals surface area (Å²) in [7, 11) is 0. The first-order valence-corrected chi connectivity index (χ1v) is 5.32. The molecular weight excluding hydrogens is 256 g/mol. The van der Waals surface area contributed by atoms with Gasteiger partial charge in [-0.1, -0.05) is 22.0 Å². The summed E-state index contributed by atoms with van der Waals surface area (Å²) >= 11 is 3.42. The zero-order chi connectivity index (χ0) is 10.4. The SMILES string of the molecule is O=Cc1cc2c([nH]1)[nH]c1cc(Br)ccc12. The molecule has 0 saturated heterocycles. The summed E-state index contributed by atoms with van der Waals surface area (Å²) in [6, 6.07) is 7.89. The number of aldehydes is 1. The van der Waals surface area contributed by atoms with E-state index in [-0.39, 0.29) is 0 Å². The van der Waals surface area contributed by atoms with Crippen LogP contribution in [0.5, 0.6) is 0 Å². The zero-order valence-electron chi connectivity index (χ0n) is 7.67. The molecule has 0 spiro atoms. The van der Waals surface area contributed by atoms with Crippen molar-refractivity contribution in [2.45, 2.75) is 0 Å². The lowest BCUT2D eigenvalue weighted by molar-refractivity contribution is 0.112. The second-order valence-corrected chi connectivity index (χ2v) is 4.36. The number of nitrogens with one attached hydrogen (secondary N) is 2. The molecule has 0 atom stereocenters. The van der Waals surface area contributed by atoms with Crippen molar-refractivity contribution in [3.63, 3.8) is 0 Å². The molecule has 3 nitrogen and oxygen atoms in total. The van der Waals surface area contributed by atoms with Gasteiger partial charge in [0.05, 0.1) is 5.69 Å². The fourth-order valence-electron chi connectivity index (χ4n) is 1.84. The molecule has 2 aromatic heterocycles. The molecule has 2 heterocycles. The normalized spacial score (nSPS) is 11.3. The fraction of sp³-hybridized carbons (Fsp3) is 0. The van der Waals surface area contributed by atoms with Crippen LogP contribution >= 0.6 is 15.9 Å². The molecule has 3 rings (SSSR count). The van der Waals surface area contributed by atoms with Gasteiger partial charge >= 0.3 is 0 Å². The van der Waals surface area contributed by atoms with Crippen LogP contribution in [0.3, 0.4) is 0 Å². The number of hydrogen-bond acceptors (Lipinski definition) is 1. The Morgan fingerprint density at radius 3 is 2.80 bits per heavy atom. The van der Waals surface area contributed by atoms with Gasteiger partial charge in [0, 0.05) is 20.8 Å². The maximum atomic E-state index is 10.6. The summed E-state index contributed by atoms with van der Waals surface area (Å²) in [4.78, 5) is 16.9. The summed E-state index contributed by atoms with van der Waals surface area (Å²) in [5.74, 6) is 0. The Morgan fingerprint density at radius 1 is 1.13 bits per heavy atom. The second-order valence-electron chi connectivity index (χ2n) is 3.45. The van der Waals surface area contributed by atoms with Crippen molar-refractivity contribution in [1.29, 1.82) is 0 Å². The molecule has 15 heavy (non-hydrogen) atoms. The van der Waals surface area contributed by atoms with E-state index in [1.54, 1.807) is 0 Å². The average molecular weight is 263 g/mol. The molecule has 0 aliphatic carbocycles. The summed E-state index contributed by atoms with van der Waals surface area (Å²) in [5, 5.41) is 2.18. The molecule has 4 heteroatoms. The maximum absolute atomic E-state index is 10.6. The minimum absolute atomic E-state index is 0.598. The van der Waals surface area contributed by atoms with E-state index in [1.807, 2.05) is 24.3 Å². The number of fused-ring (bicyclic) bond motifs is 3. The van der Waals surface area contributed by atoms with Gasteiger partial charge < -0.3 is 9.97 Å². The molecule has 74 valence electrons. The van der Waals surface area contributed by atoms with Crippen LogP contribution in [0.25, 0.3) is 21.9 Å². The van der Waals surface area contributed by atoms with E-state index < -0.39 is 0 Å². The maximum Gasteiger partial charge on any atom is 0.166 e. The van der Waals surface area contributed by atoms with Crippen LogP contribution in [0.15, 0.2) is 28.7 Å². The minimum atomic E-state index is 0.598. The highest BCUT2D eigenvalue weighted by atomic mass is 79.9. The average Bonchev–Trinajstić information content (AvgIpc) is 2.73. The number of aromatic amines is 2. The molecule has 3 aromatic rings. The molecule has 0 amide bonds. The number of rotatable bonds is 1. The number of benzene rings is 1. The van der Waals surface area contributed by atoms with Gasteiger partial charge in [0.15, 0.2) is 6.29 Å². The summed E-state index contributed by atoms with van der Waals surface area (Å²) in [6.45, 7) is 0. The van der Waals surface area contributed by atoms with Crippen molar-refractivity contribution >= 4 is 44.2 Å². The number of carbonyl (C=O) groups excluding carboxylic acids is 1. The third kappa shape index (κ3) is 1.22. The van der Waals surface area contributed by atoms with Crippen molar-refractivity contribution in [1.82, 2.24) is 9.97 Å². The van der Waals surface area contributed by atoms with Crippen molar-refractivity contribution in [3.05, 3.63) is 34.4 Å². The van der Waals surface area contributed by atoms with Crippen LogP contribution < -0.4 is 0 Å². The Balaban J connectivity index is 2.45.